The molecule has 1 aromatic heterocycles. The quantitative estimate of drug-likeness (QED) is 0.683. The van der Waals surface area contributed by atoms with Crippen LogP contribution in [0.3, 0.4) is 0 Å². The van der Waals surface area contributed by atoms with Gasteiger partial charge in [0.2, 0.25) is 0 Å². The number of benzene rings is 1. The van der Waals surface area contributed by atoms with Crippen LogP contribution in [0.25, 0.3) is 10.9 Å². The van der Waals surface area contributed by atoms with Crippen molar-refractivity contribution in [3.05, 3.63) is 35.5 Å². The molecule has 1 aromatic carbocycles. The number of rotatable bonds is 0. The topological polar surface area (TPSA) is 48.1 Å². The maximum atomic E-state index is 6.05. The lowest BCUT2D eigenvalue weighted by Crippen LogP contribution is -1.97. The van der Waals surface area contributed by atoms with E-state index in [9.17, 15) is 0 Å². The first kappa shape index (κ1) is 7.76. The van der Waals surface area contributed by atoms with Gasteiger partial charge < -0.3 is 10.5 Å². The highest BCUT2D eigenvalue weighted by molar-refractivity contribution is 5.92. The van der Waals surface area contributed by atoms with Crippen LogP contribution in [-0.2, 0) is 18.0 Å². The molecule has 0 spiro atoms. The summed E-state index contributed by atoms with van der Waals surface area (Å²) in [4.78, 5) is 4.51. The van der Waals surface area contributed by atoms with E-state index in [0.29, 0.717) is 13.2 Å². The fourth-order valence-electron chi connectivity index (χ4n) is 1.86. The lowest BCUT2D eigenvalue weighted by molar-refractivity contribution is 0.133. The molecule has 2 heterocycles. The van der Waals surface area contributed by atoms with E-state index >= 15 is 0 Å². The number of nitrogens with two attached hydrogens (primary N) is 1. The Labute approximate surface area is 81.5 Å². The second-order valence-electron chi connectivity index (χ2n) is 3.46. The largest absolute Gasteiger partial charge is 0.398 e. The van der Waals surface area contributed by atoms with Gasteiger partial charge >= 0.3 is 0 Å². The highest BCUT2D eigenvalue weighted by Gasteiger charge is 2.17. The molecule has 0 aliphatic carbocycles. The number of hydrogen-bond donors (Lipinski definition) is 1. The predicted octanol–water partition coefficient (Wildman–Crippen LogP) is 1.85. The lowest BCUT2D eigenvalue weighted by atomic mass is 10.1. The maximum Gasteiger partial charge on any atom is 0.0897 e. The zero-order chi connectivity index (χ0) is 9.54. The number of nitrogens with zero attached hydrogens (tertiary/aromatic N) is 1. The second kappa shape index (κ2) is 2.69. The number of ether oxygens (including phenoxy) is 1. The summed E-state index contributed by atoms with van der Waals surface area (Å²) >= 11 is 0. The Kier molecular flexibility index (Phi) is 1.49. The Balaban J connectivity index is 2.44. The van der Waals surface area contributed by atoms with Crippen LogP contribution < -0.4 is 5.73 Å². The van der Waals surface area contributed by atoms with Crippen LogP contribution in [0.1, 0.15) is 11.3 Å². The van der Waals surface area contributed by atoms with Crippen LogP contribution in [0.15, 0.2) is 24.3 Å². The van der Waals surface area contributed by atoms with Crippen LogP contribution in [0.2, 0.25) is 0 Å². The van der Waals surface area contributed by atoms with Crippen molar-refractivity contribution in [1.82, 2.24) is 4.98 Å². The van der Waals surface area contributed by atoms with E-state index in [4.69, 9.17) is 10.5 Å². The minimum Gasteiger partial charge on any atom is -0.398 e. The van der Waals surface area contributed by atoms with Crippen molar-refractivity contribution in [2.45, 2.75) is 13.2 Å². The molecule has 0 unspecified atom stereocenters. The van der Waals surface area contributed by atoms with Crippen LogP contribution in [0.4, 0.5) is 5.69 Å². The third-order valence-corrected chi connectivity index (χ3v) is 2.61. The molecule has 2 N–H and O–H groups in total. The number of aromatic nitrogens is 1. The van der Waals surface area contributed by atoms with Crippen molar-refractivity contribution in [3.8, 4) is 0 Å². The number of fused-ring (bicyclic) bond motifs is 2. The van der Waals surface area contributed by atoms with Gasteiger partial charge in [-0.25, -0.2) is 4.98 Å². The molecule has 0 saturated carbocycles. The molecule has 0 saturated heterocycles. The fraction of sp³-hybridized carbons (Fsp3) is 0.182. The molecule has 1 aliphatic heterocycles. The second-order valence-corrected chi connectivity index (χ2v) is 3.46. The molecule has 3 nitrogen and oxygen atoms in total. The number of anilines is 1. The molecular formula is C11H10N2O. The highest BCUT2D eigenvalue weighted by Crippen LogP contribution is 2.30. The van der Waals surface area contributed by atoms with E-state index in [1.807, 2.05) is 24.3 Å². The van der Waals surface area contributed by atoms with Gasteiger partial charge in [-0.1, -0.05) is 18.2 Å². The Bertz CT molecular complexity index is 508. The summed E-state index contributed by atoms with van der Waals surface area (Å²) in [6, 6.07) is 7.92. The summed E-state index contributed by atoms with van der Waals surface area (Å²) in [6.07, 6.45) is 0. The van der Waals surface area contributed by atoms with Gasteiger partial charge in [-0.15, -0.1) is 0 Å². The van der Waals surface area contributed by atoms with Gasteiger partial charge in [0.1, 0.15) is 0 Å². The molecule has 0 bridgehead atoms. The summed E-state index contributed by atoms with van der Waals surface area (Å²) < 4.78 is 5.32. The molecule has 0 fully saturated rings. The summed E-state index contributed by atoms with van der Waals surface area (Å²) in [5, 5.41) is 1.02. The fourth-order valence-corrected chi connectivity index (χ4v) is 1.86. The van der Waals surface area contributed by atoms with E-state index < -0.39 is 0 Å². The molecule has 0 amide bonds. The van der Waals surface area contributed by atoms with E-state index in [-0.39, 0.29) is 0 Å². The summed E-state index contributed by atoms with van der Waals surface area (Å²) in [7, 11) is 0. The molecule has 3 rings (SSSR count). The SMILES string of the molecule is Nc1c2c(nc3ccccc13)COC2. The first-order valence-corrected chi connectivity index (χ1v) is 4.60. The van der Waals surface area contributed by atoms with Crippen LogP contribution in [0, 0.1) is 0 Å². The maximum absolute atomic E-state index is 6.05. The van der Waals surface area contributed by atoms with Gasteiger partial charge in [0.25, 0.3) is 0 Å². The van der Waals surface area contributed by atoms with E-state index in [0.717, 1.165) is 27.8 Å². The monoisotopic (exact) mass is 186 g/mol. The zero-order valence-electron chi connectivity index (χ0n) is 7.66. The standard InChI is InChI=1S/C11H10N2O/c12-11-7-3-1-2-4-9(7)13-10-6-14-5-8(10)11/h1-4H,5-6H2,(H2,12,13). The van der Waals surface area contributed by atoms with E-state index in [1.165, 1.54) is 0 Å². The normalized spacial score (nSPS) is 14.6. The van der Waals surface area contributed by atoms with Crippen molar-refractivity contribution < 1.29 is 4.74 Å². The summed E-state index contributed by atoms with van der Waals surface area (Å²) in [5.74, 6) is 0. The Morgan fingerprint density at radius 1 is 1.21 bits per heavy atom. The molecule has 3 heteroatoms. The molecule has 1 aliphatic rings. The van der Waals surface area contributed by atoms with Gasteiger partial charge in [0, 0.05) is 16.6 Å². The van der Waals surface area contributed by atoms with Crippen molar-refractivity contribution in [3.63, 3.8) is 0 Å². The Morgan fingerprint density at radius 3 is 3.00 bits per heavy atom. The minimum atomic E-state index is 0.588. The lowest BCUT2D eigenvalue weighted by Gasteiger charge is -2.05. The van der Waals surface area contributed by atoms with Gasteiger partial charge in [-0.05, 0) is 6.07 Å². The number of hydrogen-bond acceptors (Lipinski definition) is 3. The summed E-state index contributed by atoms with van der Waals surface area (Å²) in [6.45, 7) is 1.18. The Morgan fingerprint density at radius 2 is 2.07 bits per heavy atom. The van der Waals surface area contributed by atoms with Gasteiger partial charge in [-0.3, -0.25) is 0 Å². The average Bonchev–Trinajstić information content (AvgIpc) is 2.66. The van der Waals surface area contributed by atoms with Crippen molar-refractivity contribution in [2.75, 3.05) is 5.73 Å². The highest BCUT2D eigenvalue weighted by atomic mass is 16.5. The molecule has 0 atom stereocenters. The first-order chi connectivity index (χ1) is 6.86. The van der Waals surface area contributed by atoms with Crippen LogP contribution in [-0.4, -0.2) is 4.98 Å². The van der Waals surface area contributed by atoms with E-state index in [1.54, 1.807) is 0 Å². The van der Waals surface area contributed by atoms with Crippen molar-refractivity contribution in [1.29, 1.82) is 0 Å². The zero-order valence-corrected chi connectivity index (χ0v) is 7.66. The van der Waals surface area contributed by atoms with Crippen LogP contribution >= 0.6 is 0 Å². The van der Waals surface area contributed by atoms with Crippen molar-refractivity contribution >= 4 is 16.6 Å². The van der Waals surface area contributed by atoms with Crippen LogP contribution in [0.5, 0.6) is 0 Å². The molecule has 14 heavy (non-hydrogen) atoms. The third kappa shape index (κ3) is 0.930. The average molecular weight is 186 g/mol. The van der Waals surface area contributed by atoms with Gasteiger partial charge in [-0.2, -0.15) is 0 Å². The van der Waals surface area contributed by atoms with E-state index in [2.05, 4.69) is 4.98 Å². The predicted molar refractivity (Wildman–Crippen MR) is 54.6 cm³/mol. The molecular weight excluding hydrogens is 176 g/mol. The number of para-hydroxylation sites is 1. The van der Waals surface area contributed by atoms with Gasteiger partial charge in [0.15, 0.2) is 0 Å². The number of nitrogen functional groups attached to an aromatic ring is 1. The minimum absolute atomic E-state index is 0.588. The third-order valence-electron chi connectivity index (χ3n) is 2.61. The Hall–Kier alpha value is -1.61. The molecule has 70 valence electrons. The smallest absolute Gasteiger partial charge is 0.0897 e. The first-order valence-electron chi connectivity index (χ1n) is 4.60. The molecule has 0 radical (unpaired) electrons. The molecule has 2 aromatic rings. The van der Waals surface area contributed by atoms with Crippen molar-refractivity contribution in [2.24, 2.45) is 0 Å². The summed E-state index contributed by atoms with van der Waals surface area (Å²) in [5.41, 5.74) is 9.87. The number of pyridine rings is 1. The van der Waals surface area contributed by atoms with Gasteiger partial charge in [0.05, 0.1) is 24.4 Å².